The molecule has 1 fully saturated rings. The van der Waals surface area contributed by atoms with Crippen molar-refractivity contribution in [3.8, 4) is 0 Å². The van der Waals surface area contributed by atoms with Crippen LogP contribution in [0.3, 0.4) is 0 Å². The molecule has 2 aromatic heterocycles. The van der Waals surface area contributed by atoms with Crippen LogP contribution in [0.15, 0.2) is 46.2 Å². The summed E-state index contributed by atoms with van der Waals surface area (Å²) in [6.45, 7) is 6.44. The summed E-state index contributed by atoms with van der Waals surface area (Å²) in [7, 11) is 1.86. The molecule has 0 aliphatic carbocycles. The van der Waals surface area contributed by atoms with Gasteiger partial charge in [0.15, 0.2) is 5.96 Å². The van der Waals surface area contributed by atoms with E-state index >= 15 is 0 Å². The van der Waals surface area contributed by atoms with E-state index in [2.05, 4.69) is 73.7 Å². The number of aromatic amines is 1. The number of aromatic nitrogens is 1. The Morgan fingerprint density at radius 3 is 2.77 bits per heavy atom. The fraction of sp³-hybridized carbons (Fsp3) is 0.458. The summed E-state index contributed by atoms with van der Waals surface area (Å²) in [5.74, 6) is 0.917. The number of rotatable bonds is 7. The molecule has 5 nitrogen and oxygen atoms in total. The van der Waals surface area contributed by atoms with Gasteiger partial charge in [-0.3, -0.25) is 9.89 Å². The van der Waals surface area contributed by atoms with Crippen molar-refractivity contribution in [2.75, 3.05) is 26.7 Å². The standard InChI is InChI=1S/C24H33N5S.HI/c1-3-19-5-4-6-22-20(15-27-23(19)22)7-11-26-24(25-2)28-21-8-12-29(13-9-21)16-18-10-14-30-17-18;/h4-6,10,14-15,17,21,27H,3,7-9,11-13,16H2,1-2H3,(H2,25,26,28);1H. The molecule has 1 saturated heterocycles. The fourth-order valence-electron chi connectivity index (χ4n) is 4.36. The monoisotopic (exact) mass is 551 g/mol. The first-order valence-electron chi connectivity index (χ1n) is 11.0. The van der Waals surface area contributed by atoms with Crippen LogP contribution in [-0.4, -0.2) is 48.6 Å². The number of halogens is 1. The predicted octanol–water partition coefficient (Wildman–Crippen LogP) is 4.78. The Kier molecular flexibility index (Phi) is 9.22. The van der Waals surface area contributed by atoms with Crippen molar-refractivity contribution in [2.24, 2.45) is 4.99 Å². The Bertz CT molecular complexity index is 958. The van der Waals surface area contributed by atoms with E-state index in [0.29, 0.717) is 6.04 Å². The van der Waals surface area contributed by atoms with E-state index < -0.39 is 0 Å². The van der Waals surface area contributed by atoms with Gasteiger partial charge in [0.05, 0.1) is 0 Å². The van der Waals surface area contributed by atoms with Crippen LogP contribution in [0.4, 0.5) is 0 Å². The molecule has 1 aromatic carbocycles. The molecule has 1 aliphatic rings. The van der Waals surface area contributed by atoms with E-state index in [1.165, 1.54) is 27.6 Å². The van der Waals surface area contributed by atoms with Gasteiger partial charge in [-0.1, -0.05) is 25.1 Å². The minimum absolute atomic E-state index is 0. The first-order valence-corrected chi connectivity index (χ1v) is 12.0. The molecule has 3 N–H and O–H groups in total. The van der Waals surface area contributed by atoms with Gasteiger partial charge in [-0.2, -0.15) is 11.3 Å². The summed E-state index contributed by atoms with van der Waals surface area (Å²) >= 11 is 1.78. The van der Waals surface area contributed by atoms with Crippen molar-refractivity contribution in [1.82, 2.24) is 20.5 Å². The van der Waals surface area contributed by atoms with Crippen molar-refractivity contribution in [2.45, 2.75) is 45.2 Å². The quantitative estimate of drug-likeness (QED) is 0.225. The Balaban J connectivity index is 0.00000272. The Hall–Kier alpha value is -1.58. The van der Waals surface area contributed by atoms with E-state index in [9.17, 15) is 0 Å². The lowest BCUT2D eigenvalue weighted by Crippen LogP contribution is -2.48. The van der Waals surface area contributed by atoms with Crippen LogP contribution in [0, 0.1) is 0 Å². The summed E-state index contributed by atoms with van der Waals surface area (Å²) < 4.78 is 0. The van der Waals surface area contributed by atoms with Crippen LogP contribution in [0.5, 0.6) is 0 Å². The van der Waals surface area contributed by atoms with Crippen molar-refractivity contribution < 1.29 is 0 Å². The Morgan fingerprint density at radius 1 is 1.23 bits per heavy atom. The highest BCUT2D eigenvalue weighted by Gasteiger charge is 2.20. The fourth-order valence-corrected chi connectivity index (χ4v) is 5.02. The minimum Gasteiger partial charge on any atom is -0.361 e. The van der Waals surface area contributed by atoms with Crippen molar-refractivity contribution in [1.29, 1.82) is 0 Å². The number of fused-ring (bicyclic) bond motifs is 1. The molecular weight excluding hydrogens is 517 g/mol. The number of para-hydroxylation sites is 1. The predicted molar refractivity (Wildman–Crippen MR) is 144 cm³/mol. The number of aryl methyl sites for hydroxylation is 1. The third-order valence-electron chi connectivity index (χ3n) is 6.09. The second-order valence-corrected chi connectivity index (χ2v) is 8.86. The number of nitrogens with one attached hydrogen (secondary N) is 3. The van der Waals surface area contributed by atoms with Crippen LogP contribution in [-0.2, 0) is 19.4 Å². The van der Waals surface area contributed by atoms with E-state index in [0.717, 1.165) is 57.8 Å². The molecule has 0 bridgehead atoms. The molecule has 0 spiro atoms. The van der Waals surface area contributed by atoms with Crippen molar-refractivity contribution in [3.63, 3.8) is 0 Å². The normalized spacial score (nSPS) is 15.7. The highest BCUT2D eigenvalue weighted by atomic mass is 127. The van der Waals surface area contributed by atoms with Crippen LogP contribution in [0.1, 0.15) is 36.5 Å². The van der Waals surface area contributed by atoms with Crippen LogP contribution in [0.2, 0.25) is 0 Å². The number of benzene rings is 1. The van der Waals surface area contributed by atoms with Gasteiger partial charge in [0.2, 0.25) is 0 Å². The highest BCUT2D eigenvalue weighted by molar-refractivity contribution is 14.0. The first-order chi connectivity index (χ1) is 14.8. The third kappa shape index (κ3) is 6.23. The number of likely N-dealkylation sites (tertiary alicyclic amines) is 1. The molecule has 0 atom stereocenters. The van der Waals surface area contributed by atoms with Gasteiger partial charge in [-0.05, 0) is 59.2 Å². The van der Waals surface area contributed by atoms with Crippen LogP contribution >= 0.6 is 35.3 Å². The largest absolute Gasteiger partial charge is 0.361 e. The molecule has 0 saturated carbocycles. The highest BCUT2D eigenvalue weighted by Crippen LogP contribution is 2.22. The summed E-state index contributed by atoms with van der Waals surface area (Å²) in [5, 5.41) is 12.9. The molecule has 3 aromatic rings. The van der Waals surface area contributed by atoms with E-state index in [1.807, 2.05) is 7.05 Å². The molecule has 0 amide bonds. The minimum atomic E-state index is 0. The smallest absolute Gasteiger partial charge is 0.191 e. The van der Waals surface area contributed by atoms with Crippen LogP contribution < -0.4 is 10.6 Å². The zero-order valence-corrected chi connectivity index (χ0v) is 21.6. The second-order valence-electron chi connectivity index (χ2n) is 8.08. The summed E-state index contributed by atoms with van der Waals surface area (Å²) in [5.41, 5.74) is 5.47. The number of piperidine rings is 1. The van der Waals surface area contributed by atoms with Crippen LogP contribution in [0.25, 0.3) is 10.9 Å². The molecule has 7 heteroatoms. The summed E-state index contributed by atoms with van der Waals surface area (Å²) in [6, 6.07) is 9.32. The van der Waals surface area contributed by atoms with E-state index in [4.69, 9.17) is 0 Å². The maximum atomic E-state index is 4.44. The number of nitrogens with zero attached hydrogens (tertiary/aromatic N) is 2. The molecule has 1 aliphatic heterocycles. The average Bonchev–Trinajstić information content (AvgIpc) is 3.44. The van der Waals surface area contributed by atoms with Gasteiger partial charge >= 0.3 is 0 Å². The first kappa shape index (κ1) is 24.1. The number of thiophene rings is 1. The number of guanidine groups is 1. The molecule has 3 heterocycles. The Labute approximate surface area is 206 Å². The maximum absolute atomic E-state index is 4.44. The van der Waals surface area contributed by atoms with Gasteiger partial charge in [-0.25, -0.2) is 0 Å². The molecule has 168 valence electrons. The average molecular weight is 552 g/mol. The maximum Gasteiger partial charge on any atom is 0.191 e. The van der Waals surface area contributed by atoms with Gasteiger partial charge < -0.3 is 15.6 Å². The summed E-state index contributed by atoms with van der Waals surface area (Å²) in [4.78, 5) is 10.5. The molecule has 0 unspecified atom stereocenters. The summed E-state index contributed by atoms with van der Waals surface area (Å²) in [6.07, 6.45) is 6.51. The van der Waals surface area contributed by atoms with Gasteiger partial charge in [0, 0.05) is 56.4 Å². The van der Waals surface area contributed by atoms with E-state index in [1.54, 1.807) is 11.3 Å². The number of H-pyrrole nitrogens is 1. The lowest BCUT2D eigenvalue weighted by atomic mass is 10.0. The molecule has 31 heavy (non-hydrogen) atoms. The van der Waals surface area contributed by atoms with Crippen molar-refractivity contribution in [3.05, 3.63) is 57.9 Å². The van der Waals surface area contributed by atoms with Crippen molar-refractivity contribution >= 4 is 52.2 Å². The zero-order chi connectivity index (χ0) is 20.8. The SMILES string of the molecule is CCc1cccc2c(CCNC(=NC)NC3CCN(Cc4ccsc4)CC3)c[nH]c12.I. The lowest BCUT2D eigenvalue weighted by Gasteiger charge is -2.32. The van der Waals surface area contributed by atoms with Gasteiger partial charge in [0.1, 0.15) is 0 Å². The number of hydrogen-bond acceptors (Lipinski definition) is 3. The Morgan fingerprint density at radius 2 is 2.06 bits per heavy atom. The topological polar surface area (TPSA) is 55.5 Å². The molecule has 4 rings (SSSR count). The third-order valence-corrected chi connectivity index (χ3v) is 6.83. The van der Waals surface area contributed by atoms with Gasteiger partial charge in [0.25, 0.3) is 0 Å². The molecular formula is C24H34IN5S. The van der Waals surface area contributed by atoms with E-state index in [-0.39, 0.29) is 24.0 Å². The second kappa shape index (κ2) is 11.9. The zero-order valence-electron chi connectivity index (χ0n) is 18.5. The van der Waals surface area contributed by atoms with Gasteiger partial charge in [-0.15, -0.1) is 24.0 Å². The molecule has 0 radical (unpaired) electrons. The number of aliphatic imine (C=N–C) groups is 1. The number of hydrogen-bond donors (Lipinski definition) is 3. The lowest BCUT2D eigenvalue weighted by molar-refractivity contribution is 0.198.